The summed E-state index contributed by atoms with van der Waals surface area (Å²) in [6, 6.07) is 7.41. The molecule has 1 N–H and O–H groups in total. The van der Waals surface area contributed by atoms with Crippen molar-refractivity contribution in [3.8, 4) is 11.5 Å². The standard InChI is InChI=1S/C15H21NO3/c1-3-11(4-2)9-16-15(17)14-10-18-12-7-5-6-8-13(12)19-14/h5-8,11,14H,3-4,9-10H2,1-2H3,(H,16,17). The number of fused-ring (bicyclic) bond motifs is 1. The minimum atomic E-state index is -0.552. The topological polar surface area (TPSA) is 47.6 Å². The van der Waals surface area contributed by atoms with Crippen molar-refractivity contribution >= 4 is 5.91 Å². The van der Waals surface area contributed by atoms with E-state index in [0.29, 0.717) is 24.0 Å². The molecule has 1 atom stereocenters. The quantitative estimate of drug-likeness (QED) is 0.887. The van der Waals surface area contributed by atoms with Gasteiger partial charge < -0.3 is 14.8 Å². The van der Waals surface area contributed by atoms with Gasteiger partial charge in [0.15, 0.2) is 11.5 Å². The van der Waals surface area contributed by atoms with Gasteiger partial charge in [-0.05, 0) is 18.1 Å². The summed E-state index contributed by atoms with van der Waals surface area (Å²) in [4.78, 5) is 12.0. The number of para-hydroxylation sites is 2. The zero-order chi connectivity index (χ0) is 13.7. The maximum absolute atomic E-state index is 12.0. The summed E-state index contributed by atoms with van der Waals surface area (Å²) in [6.45, 7) is 5.24. The van der Waals surface area contributed by atoms with Gasteiger partial charge in [-0.2, -0.15) is 0 Å². The van der Waals surface area contributed by atoms with E-state index in [2.05, 4.69) is 19.2 Å². The number of benzene rings is 1. The lowest BCUT2D eigenvalue weighted by Crippen LogP contribution is -2.45. The molecular weight excluding hydrogens is 242 g/mol. The molecule has 0 fully saturated rings. The van der Waals surface area contributed by atoms with E-state index >= 15 is 0 Å². The van der Waals surface area contributed by atoms with Crippen LogP contribution in [0.3, 0.4) is 0 Å². The smallest absolute Gasteiger partial charge is 0.264 e. The summed E-state index contributed by atoms with van der Waals surface area (Å²) < 4.78 is 11.2. The SMILES string of the molecule is CCC(CC)CNC(=O)C1COc2ccccc2O1. The molecule has 0 saturated heterocycles. The molecule has 1 aromatic carbocycles. The molecule has 1 aromatic rings. The minimum Gasteiger partial charge on any atom is -0.485 e. The Hall–Kier alpha value is -1.71. The van der Waals surface area contributed by atoms with Crippen LogP contribution in [0.1, 0.15) is 26.7 Å². The van der Waals surface area contributed by atoms with Crippen LogP contribution in [0, 0.1) is 5.92 Å². The van der Waals surface area contributed by atoms with E-state index < -0.39 is 6.10 Å². The van der Waals surface area contributed by atoms with Gasteiger partial charge in [-0.15, -0.1) is 0 Å². The molecule has 1 aliphatic rings. The molecular formula is C15H21NO3. The predicted molar refractivity (Wildman–Crippen MR) is 73.4 cm³/mol. The summed E-state index contributed by atoms with van der Waals surface area (Å²) in [5.41, 5.74) is 0. The molecule has 2 rings (SSSR count). The first-order chi connectivity index (χ1) is 9.24. The van der Waals surface area contributed by atoms with Crippen LogP contribution in [0.5, 0.6) is 11.5 Å². The third-order valence-electron chi connectivity index (χ3n) is 3.52. The molecule has 1 amide bonds. The Morgan fingerprint density at radius 2 is 2.00 bits per heavy atom. The number of hydrogen-bond acceptors (Lipinski definition) is 3. The molecule has 19 heavy (non-hydrogen) atoms. The van der Waals surface area contributed by atoms with Crippen molar-refractivity contribution in [1.82, 2.24) is 5.32 Å². The Labute approximate surface area is 114 Å². The molecule has 4 heteroatoms. The van der Waals surface area contributed by atoms with E-state index in [0.717, 1.165) is 12.8 Å². The zero-order valence-electron chi connectivity index (χ0n) is 11.5. The van der Waals surface area contributed by atoms with Crippen LogP contribution in [0.2, 0.25) is 0 Å². The van der Waals surface area contributed by atoms with Crippen LogP contribution >= 0.6 is 0 Å². The first-order valence-corrected chi connectivity index (χ1v) is 6.90. The lowest BCUT2D eigenvalue weighted by atomic mass is 10.0. The number of amides is 1. The average molecular weight is 263 g/mol. The second kappa shape index (κ2) is 6.45. The van der Waals surface area contributed by atoms with E-state index in [4.69, 9.17) is 9.47 Å². The normalized spacial score (nSPS) is 17.3. The minimum absolute atomic E-state index is 0.0959. The fraction of sp³-hybridized carbons (Fsp3) is 0.533. The monoisotopic (exact) mass is 263 g/mol. The molecule has 0 aromatic heterocycles. The van der Waals surface area contributed by atoms with Crippen molar-refractivity contribution < 1.29 is 14.3 Å². The summed E-state index contributed by atoms with van der Waals surface area (Å²) in [5, 5.41) is 2.94. The van der Waals surface area contributed by atoms with Gasteiger partial charge in [0.2, 0.25) is 6.10 Å². The van der Waals surface area contributed by atoms with Crippen LogP contribution in [0.15, 0.2) is 24.3 Å². The van der Waals surface area contributed by atoms with Crippen molar-refractivity contribution in [2.75, 3.05) is 13.2 Å². The molecule has 0 spiro atoms. The van der Waals surface area contributed by atoms with Crippen LogP contribution in [0.25, 0.3) is 0 Å². The fourth-order valence-electron chi connectivity index (χ4n) is 2.08. The van der Waals surface area contributed by atoms with Gasteiger partial charge in [-0.3, -0.25) is 4.79 Å². The number of nitrogens with one attached hydrogen (secondary N) is 1. The highest BCUT2D eigenvalue weighted by Gasteiger charge is 2.27. The Balaban J connectivity index is 1.88. The van der Waals surface area contributed by atoms with E-state index in [-0.39, 0.29) is 12.5 Å². The molecule has 0 radical (unpaired) electrons. The fourth-order valence-corrected chi connectivity index (χ4v) is 2.08. The van der Waals surface area contributed by atoms with Crippen LogP contribution < -0.4 is 14.8 Å². The summed E-state index contributed by atoms with van der Waals surface area (Å²) in [7, 11) is 0. The van der Waals surface area contributed by atoms with Gasteiger partial charge in [-0.1, -0.05) is 38.8 Å². The average Bonchev–Trinajstić information content (AvgIpc) is 2.47. The molecule has 0 bridgehead atoms. The number of rotatable bonds is 5. The van der Waals surface area contributed by atoms with E-state index in [1.54, 1.807) is 0 Å². The second-order valence-electron chi connectivity index (χ2n) is 4.79. The first kappa shape index (κ1) is 13.7. The highest BCUT2D eigenvalue weighted by molar-refractivity contribution is 5.81. The molecule has 1 aliphatic heterocycles. The molecule has 4 nitrogen and oxygen atoms in total. The largest absolute Gasteiger partial charge is 0.485 e. The van der Waals surface area contributed by atoms with Crippen LogP contribution in [-0.4, -0.2) is 25.2 Å². The van der Waals surface area contributed by atoms with Crippen LogP contribution in [-0.2, 0) is 4.79 Å². The van der Waals surface area contributed by atoms with Crippen molar-refractivity contribution in [3.63, 3.8) is 0 Å². The summed E-state index contributed by atoms with van der Waals surface area (Å²) in [5.74, 6) is 1.77. The third kappa shape index (κ3) is 3.40. The third-order valence-corrected chi connectivity index (χ3v) is 3.52. The van der Waals surface area contributed by atoms with E-state index in [1.165, 1.54) is 0 Å². The van der Waals surface area contributed by atoms with Crippen molar-refractivity contribution in [2.24, 2.45) is 5.92 Å². The number of ether oxygens (including phenoxy) is 2. The number of carbonyl (C=O) groups excluding carboxylic acids is 1. The van der Waals surface area contributed by atoms with E-state index in [9.17, 15) is 4.79 Å². The molecule has 0 saturated carbocycles. The van der Waals surface area contributed by atoms with Gasteiger partial charge in [0.05, 0.1) is 0 Å². The summed E-state index contributed by atoms with van der Waals surface area (Å²) >= 11 is 0. The van der Waals surface area contributed by atoms with Gasteiger partial charge in [-0.25, -0.2) is 0 Å². The van der Waals surface area contributed by atoms with Crippen LogP contribution in [0.4, 0.5) is 0 Å². The van der Waals surface area contributed by atoms with Crippen molar-refractivity contribution in [3.05, 3.63) is 24.3 Å². The van der Waals surface area contributed by atoms with Gasteiger partial charge >= 0.3 is 0 Å². The number of hydrogen-bond donors (Lipinski definition) is 1. The Bertz CT molecular complexity index is 429. The highest BCUT2D eigenvalue weighted by Crippen LogP contribution is 2.30. The Kier molecular flexibility index (Phi) is 4.66. The maximum Gasteiger partial charge on any atom is 0.264 e. The maximum atomic E-state index is 12.0. The number of carbonyl (C=O) groups is 1. The summed E-state index contributed by atoms with van der Waals surface area (Å²) in [6.07, 6.45) is 1.59. The molecule has 1 unspecified atom stereocenters. The zero-order valence-corrected chi connectivity index (χ0v) is 11.5. The highest BCUT2D eigenvalue weighted by atomic mass is 16.6. The lowest BCUT2D eigenvalue weighted by molar-refractivity contribution is -0.130. The van der Waals surface area contributed by atoms with Gasteiger partial charge in [0.25, 0.3) is 5.91 Å². The second-order valence-corrected chi connectivity index (χ2v) is 4.79. The molecule has 1 heterocycles. The predicted octanol–water partition coefficient (Wildman–Crippen LogP) is 2.38. The van der Waals surface area contributed by atoms with Crippen molar-refractivity contribution in [2.45, 2.75) is 32.8 Å². The van der Waals surface area contributed by atoms with E-state index in [1.807, 2.05) is 24.3 Å². The Morgan fingerprint density at radius 3 is 2.68 bits per heavy atom. The van der Waals surface area contributed by atoms with Gasteiger partial charge in [0.1, 0.15) is 6.61 Å². The molecule has 104 valence electrons. The first-order valence-electron chi connectivity index (χ1n) is 6.90. The van der Waals surface area contributed by atoms with Crippen molar-refractivity contribution in [1.29, 1.82) is 0 Å². The molecule has 0 aliphatic carbocycles. The lowest BCUT2D eigenvalue weighted by Gasteiger charge is -2.26. The van der Waals surface area contributed by atoms with Gasteiger partial charge in [0, 0.05) is 6.54 Å². The Morgan fingerprint density at radius 1 is 1.32 bits per heavy atom.